The summed E-state index contributed by atoms with van der Waals surface area (Å²) in [6.07, 6.45) is 4.70. The third kappa shape index (κ3) is 2.92. The van der Waals surface area contributed by atoms with Crippen LogP contribution in [-0.4, -0.2) is 32.6 Å². The molecule has 1 fully saturated rings. The van der Waals surface area contributed by atoms with E-state index in [2.05, 4.69) is 5.32 Å². The summed E-state index contributed by atoms with van der Waals surface area (Å²) in [6.45, 7) is 1.31. The van der Waals surface area contributed by atoms with E-state index in [0.717, 1.165) is 44.4 Å². The molecule has 0 aromatic heterocycles. The number of anilines is 1. The highest BCUT2D eigenvalue weighted by Gasteiger charge is 2.29. The lowest BCUT2D eigenvalue weighted by Crippen LogP contribution is -2.33. The van der Waals surface area contributed by atoms with Crippen molar-refractivity contribution in [3.05, 3.63) is 23.8 Å². The molecule has 2 aliphatic heterocycles. The highest BCUT2D eigenvalue weighted by Crippen LogP contribution is 2.27. The first kappa shape index (κ1) is 13.7. The SMILES string of the molecule is O=S1(=O)CCCCC1COc1ccc2c(c1)CCCN2. The Labute approximate surface area is 120 Å². The predicted octanol–water partition coefficient (Wildman–Crippen LogP) is 2.39. The first-order valence-corrected chi connectivity index (χ1v) is 9.08. The fourth-order valence-electron chi connectivity index (χ4n) is 2.94. The maximum Gasteiger partial charge on any atom is 0.156 e. The normalized spacial score (nSPS) is 24.5. The smallest absolute Gasteiger partial charge is 0.156 e. The summed E-state index contributed by atoms with van der Waals surface area (Å²) < 4.78 is 29.6. The van der Waals surface area contributed by atoms with Gasteiger partial charge < -0.3 is 10.1 Å². The molecule has 0 bridgehead atoms. The van der Waals surface area contributed by atoms with Gasteiger partial charge in [-0.15, -0.1) is 0 Å². The molecule has 0 spiro atoms. The Bertz CT molecular complexity index is 583. The highest BCUT2D eigenvalue weighted by atomic mass is 32.2. The Morgan fingerprint density at radius 1 is 1.25 bits per heavy atom. The Balaban J connectivity index is 1.66. The molecule has 1 aromatic carbocycles. The molecule has 1 atom stereocenters. The molecule has 0 amide bonds. The Hall–Kier alpha value is -1.23. The lowest BCUT2D eigenvalue weighted by molar-refractivity contribution is 0.302. The third-order valence-electron chi connectivity index (χ3n) is 4.16. The van der Waals surface area contributed by atoms with Crippen molar-refractivity contribution < 1.29 is 13.2 Å². The van der Waals surface area contributed by atoms with Crippen LogP contribution in [0.25, 0.3) is 0 Å². The van der Waals surface area contributed by atoms with Crippen molar-refractivity contribution in [1.82, 2.24) is 0 Å². The standard InChI is InChI=1S/C15H21NO3S/c17-20(18)9-2-1-5-14(20)11-19-13-6-7-15-12(10-13)4-3-8-16-15/h6-7,10,14,16H,1-5,8-9,11H2. The maximum atomic E-state index is 11.9. The van der Waals surface area contributed by atoms with Gasteiger partial charge in [0.1, 0.15) is 12.4 Å². The van der Waals surface area contributed by atoms with E-state index in [-0.39, 0.29) is 11.9 Å². The number of hydrogen-bond donors (Lipinski definition) is 1. The van der Waals surface area contributed by atoms with Crippen molar-refractivity contribution in [1.29, 1.82) is 0 Å². The summed E-state index contributed by atoms with van der Waals surface area (Å²) in [4.78, 5) is 0. The van der Waals surface area contributed by atoms with Gasteiger partial charge in [-0.05, 0) is 49.4 Å². The van der Waals surface area contributed by atoms with Crippen LogP contribution in [0.5, 0.6) is 5.75 Å². The van der Waals surface area contributed by atoms with Gasteiger partial charge >= 0.3 is 0 Å². The number of rotatable bonds is 3. The molecule has 5 heteroatoms. The zero-order chi connectivity index (χ0) is 14.0. The lowest BCUT2D eigenvalue weighted by atomic mass is 10.0. The molecule has 2 heterocycles. The van der Waals surface area contributed by atoms with E-state index in [9.17, 15) is 8.42 Å². The Morgan fingerprint density at radius 3 is 3.00 bits per heavy atom. The van der Waals surface area contributed by atoms with Gasteiger partial charge in [0.2, 0.25) is 0 Å². The molecule has 2 aliphatic rings. The van der Waals surface area contributed by atoms with Crippen molar-refractivity contribution in [3.8, 4) is 5.75 Å². The molecule has 1 aromatic rings. The molecule has 1 unspecified atom stereocenters. The van der Waals surface area contributed by atoms with Gasteiger partial charge in [-0.3, -0.25) is 0 Å². The first-order chi connectivity index (χ1) is 9.65. The molecule has 4 nitrogen and oxygen atoms in total. The second-order valence-electron chi connectivity index (χ2n) is 5.65. The predicted molar refractivity (Wildman–Crippen MR) is 80.2 cm³/mol. The minimum absolute atomic E-state index is 0.286. The largest absolute Gasteiger partial charge is 0.492 e. The average Bonchev–Trinajstić information content (AvgIpc) is 2.45. The van der Waals surface area contributed by atoms with Crippen LogP contribution in [0.15, 0.2) is 18.2 Å². The average molecular weight is 295 g/mol. The molecule has 0 saturated carbocycles. The summed E-state index contributed by atoms with van der Waals surface area (Å²) in [5.74, 6) is 1.10. The zero-order valence-corrected chi connectivity index (χ0v) is 12.4. The van der Waals surface area contributed by atoms with Crippen LogP contribution >= 0.6 is 0 Å². The van der Waals surface area contributed by atoms with Gasteiger partial charge in [0.15, 0.2) is 9.84 Å². The zero-order valence-electron chi connectivity index (χ0n) is 11.6. The third-order valence-corrected chi connectivity index (χ3v) is 6.41. The van der Waals surface area contributed by atoms with E-state index in [4.69, 9.17) is 4.74 Å². The molecule has 110 valence electrons. The van der Waals surface area contributed by atoms with Crippen LogP contribution in [0, 0.1) is 0 Å². The van der Waals surface area contributed by atoms with Gasteiger partial charge in [-0.1, -0.05) is 6.42 Å². The quantitative estimate of drug-likeness (QED) is 0.930. The monoisotopic (exact) mass is 295 g/mol. The second-order valence-corrected chi connectivity index (χ2v) is 8.05. The fraction of sp³-hybridized carbons (Fsp3) is 0.600. The van der Waals surface area contributed by atoms with Gasteiger partial charge in [-0.25, -0.2) is 8.42 Å². The molecular weight excluding hydrogens is 274 g/mol. The van der Waals surface area contributed by atoms with Crippen LogP contribution in [0.2, 0.25) is 0 Å². The van der Waals surface area contributed by atoms with E-state index in [1.54, 1.807) is 0 Å². The van der Waals surface area contributed by atoms with Crippen LogP contribution in [0.3, 0.4) is 0 Å². The van der Waals surface area contributed by atoms with Gasteiger partial charge in [-0.2, -0.15) is 0 Å². The molecule has 0 aliphatic carbocycles. The highest BCUT2D eigenvalue weighted by molar-refractivity contribution is 7.92. The molecule has 1 saturated heterocycles. The number of aryl methyl sites for hydroxylation is 1. The van der Waals surface area contributed by atoms with Crippen molar-refractivity contribution >= 4 is 15.5 Å². The number of fused-ring (bicyclic) bond motifs is 1. The fourth-order valence-corrected chi connectivity index (χ4v) is 4.68. The van der Waals surface area contributed by atoms with E-state index in [1.165, 1.54) is 11.3 Å². The molecular formula is C15H21NO3S. The number of benzene rings is 1. The first-order valence-electron chi connectivity index (χ1n) is 7.36. The van der Waals surface area contributed by atoms with Gasteiger partial charge in [0, 0.05) is 12.2 Å². The second kappa shape index (κ2) is 5.64. The molecule has 20 heavy (non-hydrogen) atoms. The Morgan fingerprint density at radius 2 is 2.15 bits per heavy atom. The summed E-state index contributed by atoms with van der Waals surface area (Å²) in [7, 11) is -2.95. The Kier molecular flexibility index (Phi) is 3.87. The van der Waals surface area contributed by atoms with E-state index in [1.807, 2.05) is 18.2 Å². The van der Waals surface area contributed by atoms with Crippen LogP contribution in [0.4, 0.5) is 5.69 Å². The number of hydrogen-bond acceptors (Lipinski definition) is 4. The summed E-state index contributed by atoms with van der Waals surface area (Å²) in [6, 6.07) is 5.99. The van der Waals surface area contributed by atoms with Crippen molar-refractivity contribution in [2.45, 2.75) is 37.4 Å². The number of nitrogens with one attached hydrogen (secondary N) is 1. The van der Waals surface area contributed by atoms with Crippen molar-refractivity contribution in [2.24, 2.45) is 0 Å². The van der Waals surface area contributed by atoms with Crippen LogP contribution < -0.4 is 10.1 Å². The van der Waals surface area contributed by atoms with Crippen molar-refractivity contribution in [3.63, 3.8) is 0 Å². The maximum absolute atomic E-state index is 11.9. The number of ether oxygens (including phenoxy) is 1. The number of sulfone groups is 1. The lowest BCUT2D eigenvalue weighted by Gasteiger charge is -2.23. The van der Waals surface area contributed by atoms with Crippen molar-refractivity contribution in [2.75, 3.05) is 24.2 Å². The topological polar surface area (TPSA) is 55.4 Å². The van der Waals surface area contributed by atoms with E-state index < -0.39 is 9.84 Å². The van der Waals surface area contributed by atoms with E-state index in [0.29, 0.717) is 5.75 Å². The van der Waals surface area contributed by atoms with Crippen LogP contribution in [0.1, 0.15) is 31.2 Å². The minimum atomic E-state index is -2.95. The van der Waals surface area contributed by atoms with Gasteiger partial charge in [0.05, 0.1) is 11.0 Å². The summed E-state index contributed by atoms with van der Waals surface area (Å²) >= 11 is 0. The van der Waals surface area contributed by atoms with Crippen LogP contribution in [-0.2, 0) is 16.3 Å². The summed E-state index contributed by atoms with van der Waals surface area (Å²) in [5.41, 5.74) is 2.44. The molecule has 3 rings (SSSR count). The van der Waals surface area contributed by atoms with E-state index >= 15 is 0 Å². The minimum Gasteiger partial charge on any atom is -0.492 e. The summed E-state index contributed by atoms with van der Waals surface area (Å²) in [5, 5.41) is 3.03. The molecule has 0 radical (unpaired) electrons. The van der Waals surface area contributed by atoms with Gasteiger partial charge in [0.25, 0.3) is 0 Å². The molecule has 1 N–H and O–H groups in total.